The van der Waals surface area contributed by atoms with Gasteiger partial charge in [-0.25, -0.2) is 0 Å². The Hall–Kier alpha value is -1.86. The average Bonchev–Trinajstić information content (AvgIpc) is 3.09. The minimum absolute atomic E-state index is 0.835. The quantitative estimate of drug-likeness (QED) is 0.838. The number of nitrogens with zero attached hydrogens (tertiary/aromatic N) is 4. The molecule has 2 heterocycles. The van der Waals surface area contributed by atoms with E-state index in [1.54, 1.807) is 14.2 Å². The molecule has 7 heteroatoms. The standard InChI is InChI=1S/C15H20N4O2S/c1-20-13-7-12(8-14(9-13)21-2)11-18-3-5-19(6-4-18)15-10-16-22-17-15/h7-10H,3-6,11H2,1-2H3. The summed E-state index contributed by atoms with van der Waals surface area (Å²) in [5.74, 6) is 2.66. The Kier molecular flexibility index (Phi) is 4.74. The summed E-state index contributed by atoms with van der Waals surface area (Å²) < 4.78 is 19.0. The lowest BCUT2D eigenvalue weighted by atomic mass is 10.1. The van der Waals surface area contributed by atoms with Crippen molar-refractivity contribution in [3.63, 3.8) is 0 Å². The van der Waals surface area contributed by atoms with Crippen LogP contribution in [0.5, 0.6) is 11.5 Å². The molecule has 0 aliphatic carbocycles. The molecule has 0 saturated carbocycles. The van der Waals surface area contributed by atoms with Crippen LogP contribution in [0.15, 0.2) is 24.4 Å². The normalized spacial score (nSPS) is 15.8. The number of hydrogen-bond donors (Lipinski definition) is 0. The van der Waals surface area contributed by atoms with Gasteiger partial charge in [0.15, 0.2) is 5.82 Å². The first kappa shape index (κ1) is 15.1. The molecule has 0 amide bonds. The molecule has 0 N–H and O–H groups in total. The summed E-state index contributed by atoms with van der Waals surface area (Å²) in [6, 6.07) is 6.04. The van der Waals surface area contributed by atoms with Gasteiger partial charge in [-0.2, -0.15) is 8.75 Å². The lowest BCUT2D eigenvalue weighted by Crippen LogP contribution is -2.46. The second-order valence-electron chi connectivity index (χ2n) is 5.25. The fraction of sp³-hybridized carbons (Fsp3) is 0.467. The van der Waals surface area contributed by atoms with E-state index in [1.807, 2.05) is 12.3 Å². The molecule has 118 valence electrons. The smallest absolute Gasteiger partial charge is 0.162 e. The van der Waals surface area contributed by atoms with Gasteiger partial charge in [0.1, 0.15) is 11.5 Å². The van der Waals surface area contributed by atoms with Crippen LogP contribution in [0, 0.1) is 0 Å². The molecular weight excluding hydrogens is 300 g/mol. The van der Waals surface area contributed by atoms with E-state index in [1.165, 1.54) is 17.3 Å². The summed E-state index contributed by atoms with van der Waals surface area (Å²) in [6.07, 6.45) is 1.84. The SMILES string of the molecule is COc1cc(CN2CCN(c3cnsn3)CC2)cc(OC)c1. The van der Waals surface area contributed by atoms with Crippen LogP contribution in [0.25, 0.3) is 0 Å². The average molecular weight is 320 g/mol. The number of piperazine rings is 1. The Balaban J connectivity index is 1.60. The molecule has 1 saturated heterocycles. The van der Waals surface area contributed by atoms with Crippen molar-refractivity contribution < 1.29 is 9.47 Å². The molecule has 2 aromatic rings. The van der Waals surface area contributed by atoms with Gasteiger partial charge in [0.05, 0.1) is 32.1 Å². The number of rotatable bonds is 5. The number of hydrogen-bond acceptors (Lipinski definition) is 7. The predicted molar refractivity (Wildman–Crippen MR) is 86.9 cm³/mol. The van der Waals surface area contributed by atoms with E-state index in [2.05, 4.69) is 30.7 Å². The summed E-state index contributed by atoms with van der Waals surface area (Å²) in [6.45, 7) is 4.88. The largest absolute Gasteiger partial charge is 0.497 e. The predicted octanol–water partition coefficient (Wildman–Crippen LogP) is 1.88. The van der Waals surface area contributed by atoms with Crippen molar-refractivity contribution in [3.8, 4) is 11.5 Å². The van der Waals surface area contributed by atoms with Crippen molar-refractivity contribution in [2.24, 2.45) is 0 Å². The van der Waals surface area contributed by atoms with E-state index < -0.39 is 0 Å². The van der Waals surface area contributed by atoms with Gasteiger partial charge in [-0.3, -0.25) is 4.90 Å². The van der Waals surface area contributed by atoms with Gasteiger partial charge in [-0.15, -0.1) is 0 Å². The molecule has 3 rings (SSSR count). The fourth-order valence-electron chi connectivity index (χ4n) is 2.65. The lowest BCUT2D eigenvalue weighted by molar-refractivity contribution is 0.248. The number of aromatic nitrogens is 2. The first-order valence-corrected chi connectivity index (χ1v) is 7.98. The zero-order valence-corrected chi connectivity index (χ0v) is 13.7. The molecule has 0 radical (unpaired) electrons. The first-order valence-electron chi connectivity index (χ1n) is 7.25. The van der Waals surface area contributed by atoms with Gasteiger partial charge in [0.25, 0.3) is 0 Å². The van der Waals surface area contributed by atoms with E-state index in [4.69, 9.17) is 9.47 Å². The zero-order valence-electron chi connectivity index (χ0n) is 12.9. The highest BCUT2D eigenvalue weighted by atomic mass is 32.1. The molecule has 1 aromatic heterocycles. The highest BCUT2D eigenvalue weighted by Crippen LogP contribution is 2.24. The fourth-order valence-corrected chi connectivity index (χ4v) is 3.08. The van der Waals surface area contributed by atoms with Crippen LogP contribution in [-0.4, -0.2) is 54.0 Å². The molecule has 1 aliphatic rings. The number of anilines is 1. The van der Waals surface area contributed by atoms with E-state index in [0.717, 1.165) is 50.0 Å². The van der Waals surface area contributed by atoms with Crippen molar-refractivity contribution in [2.75, 3.05) is 45.3 Å². The molecule has 0 spiro atoms. The van der Waals surface area contributed by atoms with E-state index in [0.29, 0.717) is 0 Å². The zero-order chi connectivity index (χ0) is 15.4. The second kappa shape index (κ2) is 6.93. The maximum atomic E-state index is 5.33. The molecule has 0 atom stereocenters. The first-order chi connectivity index (χ1) is 10.8. The summed E-state index contributed by atoms with van der Waals surface area (Å²) in [7, 11) is 3.36. The van der Waals surface area contributed by atoms with Gasteiger partial charge < -0.3 is 14.4 Å². The molecule has 0 unspecified atom stereocenters. The maximum absolute atomic E-state index is 5.33. The van der Waals surface area contributed by atoms with Crippen molar-refractivity contribution in [2.45, 2.75) is 6.54 Å². The highest BCUT2D eigenvalue weighted by Gasteiger charge is 2.19. The number of methoxy groups -OCH3 is 2. The van der Waals surface area contributed by atoms with Crippen LogP contribution in [0.2, 0.25) is 0 Å². The molecule has 6 nitrogen and oxygen atoms in total. The molecule has 0 bridgehead atoms. The van der Waals surface area contributed by atoms with Crippen molar-refractivity contribution in [3.05, 3.63) is 30.0 Å². The monoisotopic (exact) mass is 320 g/mol. The number of ether oxygens (including phenoxy) is 2. The number of benzene rings is 1. The van der Waals surface area contributed by atoms with Gasteiger partial charge in [0.2, 0.25) is 0 Å². The van der Waals surface area contributed by atoms with Gasteiger partial charge in [0, 0.05) is 38.8 Å². The summed E-state index contributed by atoms with van der Waals surface area (Å²) in [5, 5.41) is 0. The second-order valence-corrected chi connectivity index (χ2v) is 5.81. The van der Waals surface area contributed by atoms with Crippen LogP contribution in [0.1, 0.15) is 5.56 Å². The Morgan fingerprint density at radius 2 is 1.73 bits per heavy atom. The van der Waals surface area contributed by atoms with E-state index >= 15 is 0 Å². The molecular formula is C15H20N4O2S. The topological polar surface area (TPSA) is 50.7 Å². The third-order valence-corrected chi connectivity index (χ3v) is 4.33. The Morgan fingerprint density at radius 1 is 1.05 bits per heavy atom. The highest BCUT2D eigenvalue weighted by molar-refractivity contribution is 6.99. The molecule has 22 heavy (non-hydrogen) atoms. The van der Waals surface area contributed by atoms with E-state index in [9.17, 15) is 0 Å². The summed E-state index contributed by atoms with van der Waals surface area (Å²) in [4.78, 5) is 4.72. The summed E-state index contributed by atoms with van der Waals surface area (Å²) >= 11 is 1.26. The minimum atomic E-state index is 0.835. The van der Waals surface area contributed by atoms with Crippen LogP contribution < -0.4 is 14.4 Å². The van der Waals surface area contributed by atoms with E-state index in [-0.39, 0.29) is 0 Å². The molecule has 1 aromatic carbocycles. The minimum Gasteiger partial charge on any atom is -0.497 e. The molecule has 1 aliphatic heterocycles. The Bertz CT molecular complexity index is 575. The van der Waals surface area contributed by atoms with Gasteiger partial charge in [-0.1, -0.05) is 0 Å². The van der Waals surface area contributed by atoms with Crippen molar-refractivity contribution in [1.82, 2.24) is 13.6 Å². The van der Waals surface area contributed by atoms with Crippen LogP contribution in [-0.2, 0) is 6.54 Å². The third-order valence-electron chi connectivity index (χ3n) is 3.86. The van der Waals surface area contributed by atoms with Crippen molar-refractivity contribution >= 4 is 17.5 Å². The molecule has 1 fully saturated rings. The van der Waals surface area contributed by atoms with Gasteiger partial charge in [-0.05, 0) is 17.7 Å². The lowest BCUT2D eigenvalue weighted by Gasteiger charge is -2.34. The third kappa shape index (κ3) is 3.48. The van der Waals surface area contributed by atoms with Crippen LogP contribution in [0.4, 0.5) is 5.82 Å². The maximum Gasteiger partial charge on any atom is 0.162 e. The Morgan fingerprint density at radius 3 is 2.27 bits per heavy atom. The van der Waals surface area contributed by atoms with Crippen LogP contribution in [0.3, 0.4) is 0 Å². The Labute approximate surface area is 134 Å². The van der Waals surface area contributed by atoms with Gasteiger partial charge >= 0.3 is 0 Å². The van der Waals surface area contributed by atoms with Crippen molar-refractivity contribution in [1.29, 1.82) is 0 Å². The summed E-state index contributed by atoms with van der Waals surface area (Å²) in [5.41, 5.74) is 1.21. The van der Waals surface area contributed by atoms with Crippen LogP contribution >= 0.6 is 11.7 Å².